The lowest BCUT2D eigenvalue weighted by atomic mass is 10.2. The number of hydrogen-bond acceptors (Lipinski definition) is 4. The summed E-state index contributed by atoms with van der Waals surface area (Å²) in [6, 6.07) is 10.8. The van der Waals surface area contributed by atoms with Crippen molar-refractivity contribution in [1.82, 2.24) is 9.97 Å². The molecule has 26 heavy (non-hydrogen) atoms. The van der Waals surface area contributed by atoms with Crippen LogP contribution in [0.15, 0.2) is 48.7 Å². The summed E-state index contributed by atoms with van der Waals surface area (Å²) in [6.07, 6.45) is 1.44. The maximum Gasteiger partial charge on any atom is 0.274 e. The molecular weight excluding hydrogens is 378 g/mol. The minimum atomic E-state index is -0.525. The standard InChI is InChI=1S/C18H13Cl2FN4O/c1-10-2-3-11(19)8-16(10)24-17(26)15-6-7-22-18(25-15)23-12-4-5-14(21)13(20)9-12/h2-9H,1H3,(H,24,26)(H,22,23,25). The summed E-state index contributed by atoms with van der Waals surface area (Å²) >= 11 is 11.7. The fourth-order valence-corrected chi connectivity index (χ4v) is 2.52. The first kappa shape index (κ1) is 18.1. The van der Waals surface area contributed by atoms with E-state index >= 15 is 0 Å². The van der Waals surface area contributed by atoms with Gasteiger partial charge in [-0.15, -0.1) is 0 Å². The number of hydrogen-bond donors (Lipinski definition) is 2. The molecule has 0 fully saturated rings. The summed E-state index contributed by atoms with van der Waals surface area (Å²) in [5.41, 5.74) is 2.13. The van der Waals surface area contributed by atoms with Crippen LogP contribution in [0.25, 0.3) is 0 Å². The molecule has 3 aromatic rings. The van der Waals surface area contributed by atoms with Gasteiger partial charge in [0.05, 0.1) is 5.02 Å². The van der Waals surface area contributed by atoms with Gasteiger partial charge >= 0.3 is 0 Å². The second-order valence-corrected chi connectivity index (χ2v) is 6.28. The van der Waals surface area contributed by atoms with Crippen molar-refractivity contribution in [2.45, 2.75) is 6.92 Å². The number of anilines is 3. The van der Waals surface area contributed by atoms with Gasteiger partial charge in [-0.1, -0.05) is 29.3 Å². The molecule has 0 aliphatic rings. The Morgan fingerprint density at radius 2 is 1.92 bits per heavy atom. The number of nitrogens with zero attached hydrogens (tertiary/aromatic N) is 2. The van der Waals surface area contributed by atoms with E-state index in [1.165, 1.54) is 30.5 Å². The number of rotatable bonds is 4. The Morgan fingerprint density at radius 1 is 1.12 bits per heavy atom. The monoisotopic (exact) mass is 390 g/mol. The minimum absolute atomic E-state index is 0.0275. The molecule has 3 rings (SSSR count). The van der Waals surface area contributed by atoms with Crippen LogP contribution in [0.4, 0.5) is 21.7 Å². The van der Waals surface area contributed by atoms with Crippen LogP contribution >= 0.6 is 23.2 Å². The fraction of sp³-hybridized carbons (Fsp3) is 0.0556. The first-order chi connectivity index (χ1) is 12.4. The summed E-state index contributed by atoms with van der Waals surface area (Å²) in [5.74, 6) is -0.746. The van der Waals surface area contributed by atoms with E-state index in [0.29, 0.717) is 16.4 Å². The summed E-state index contributed by atoms with van der Waals surface area (Å²) in [7, 11) is 0. The lowest BCUT2D eigenvalue weighted by Crippen LogP contribution is -2.15. The molecule has 0 unspecified atom stereocenters. The number of aromatic nitrogens is 2. The van der Waals surface area contributed by atoms with E-state index < -0.39 is 11.7 Å². The first-order valence-corrected chi connectivity index (χ1v) is 8.30. The molecule has 0 spiro atoms. The van der Waals surface area contributed by atoms with E-state index in [9.17, 15) is 9.18 Å². The highest BCUT2D eigenvalue weighted by molar-refractivity contribution is 6.31. The van der Waals surface area contributed by atoms with Crippen LogP contribution in [0.3, 0.4) is 0 Å². The molecule has 1 heterocycles. The van der Waals surface area contributed by atoms with Crippen LogP contribution in [0, 0.1) is 12.7 Å². The number of halogens is 3. The van der Waals surface area contributed by atoms with Crippen molar-refractivity contribution in [3.63, 3.8) is 0 Å². The largest absolute Gasteiger partial charge is 0.324 e. The average molecular weight is 391 g/mol. The maximum atomic E-state index is 13.2. The van der Waals surface area contributed by atoms with Gasteiger partial charge in [-0.3, -0.25) is 4.79 Å². The zero-order valence-corrected chi connectivity index (χ0v) is 15.1. The van der Waals surface area contributed by atoms with Crippen molar-refractivity contribution in [1.29, 1.82) is 0 Å². The predicted octanol–water partition coefficient (Wildman–Crippen LogP) is 5.23. The van der Waals surface area contributed by atoms with Gasteiger partial charge in [-0.25, -0.2) is 14.4 Å². The smallest absolute Gasteiger partial charge is 0.274 e. The van der Waals surface area contributed by atoms with Crippen LogP contribution < -0.4 is 10.6 Å². The van der Waals surface area contributed by atoms with E-state index in [-0.39, 0.29) is 16.7 Å². The van der Waals surface area contributed by atoms with Gasteiger partial charge in [0.15, 0.2) is 0 Å². The van der Waals surface area contributed by atoms with Gasteiger partial charge in [-0.2, -0.15) is 0 Å². The first-order valence-electron chi connectivity index (χ1n) is 7.55. The molecule has 0 saturated heterocycles. The summed E-state index contributed by atoms with van der Waals surface area (Å²) in [5, 5.41) is 6.13. The molecule has 1 amide bonds. The van der Waals surface area contributed by atoms with Crippen LogP contribution in [-0.2, 0) is 0 Å². The number of benzene rings is 2. The van der Waals surface area contributed by atoms with E-state index in [4.69, 9.17) is 23.2 Å². The van der Waals surface area contributed by atoms with Crippen LogP contribution in [0.2, 0.25) is 10.0 Å². The molecule has 2 N–H and O–H groups in total. The summed E-state index contributed by atoms with van der Waals surface area (Å²) in [6.45, 7) is 1.86. The zero-order chi connectivity index (χ0) is 18.7. The molecule has 0 bridgehead atoms. The predicted molar refractivity (Wildman–Crippen MR) is 101 cm³/mol. The fourth-order valence-electron chi connectivity index (χ4n) is 2.16. The molecule has 132 valence electrons. The second kappa shape index (κ2) is 7.68. The summed E-state index contributed by atoms with van der Waals surface area (Å²) < 4.78 is 13.2. The third kappa shape index (κ3) is 4.28. The molecule has 8 heteroatoms. The molecule has 0 aliphatic heterocycles. The van der Waals surface area contributed by atoms with Crippen molar-refractivity contribution >= 4 is 46.4 Å². The van der Waals surface area contributed by atoms with E-state index in [1.54, 1.807) is 12.1 Å². The molecule has 0 radical (unpaired) electrons. The van der Waals surface area contributed by atoms with Crippen molar-refractivity contribution in [2.24, 2.45) is 0 Å². The molecule has 0 atom stereocenters. The number of nitrogens with one attached hydrogen (secondary N) is 2. The van der Waals surface area contributed by atoms with E-state index in [1.807, 2.05) is 13.0 Å². The quantitative estimate of drug-likeness (QED) is 0.640. The third-order valence-corrected chi connectivity index (χ3v) is 4.04. The topological polar surface area (TPSA) is 66.9 Å². The highest BCUT2D eigenvalue weighted by atomic mass is 35.5. The maximum absolute atomic E-state index is 13.2. The Balaban J connectivity index is 1.78. The second-order valence-electron chi connectivity index (χ2n) is 5.43. The normalized spacial score (nSPS) is 10.5. The Morgan fingerprint density at radius 3 is 2.69 bits per heavy atom. The van der Waals surface area contributed by atoms with Gasteiger partial charge in [0.2, 0.25) is 5.95 Å². The van der Waals surface area contributed by atoms with Crippen molar-refractivity contribution < 1.29 is 9.18 Å². The van der Waals surface area contributed by atoms with Gasteiger partial charge in [0.25, 0.3) is 5.91 Å². The Hall–Kier alpha value is -2.70. The van der Waals surface area contributed by atoms with Crippen molar-refractivity contribution in [2.75, 3.05) is 10.6 Å². The lowest BCUT2D eigenvalue weighted by molar-refractivity contribution is 0.102. The number of amides is 1. The van der Waals surface area contributed by atoms with Gasteiger partial charge < -0.3 is 10.6 Å². The molecule has 0 saturated carbocycles. The van der Waals surface area contributed by atoms with Gasteiger partial charge in [0.1, 0.15) is 11.5 Å². The lowest BCUT2D eigenvalue weighted by Gasteiger charge is -2.10. The van der Waals surface area contributed by atoms with Gasteiger partial charge in [0, 0.05) is 22.6 Å². The van der Waals surface area contributed by atoms with E-state index in [2.05, 4.69) is 20.6 Å². The number of aryl methyl sites for hydroxylation is 1. The van der Waals surface area contributed by atoms with Crippen molar-refractivity contribution in [3.05, 3.63) is 75.8 Å². The molecule has 0 aliphatic carbocycles. The average Bonchev–Trinajstić information content (AvgIpc) is 2.61. The zero-order valence-electron chi connectivity index (χ0n) is 13.6. The molecule has 1 aromatic heterocycles. The van der Waals surface area contributed by atoms with Crippen LogP contribution in [0.5, 0.6) is 0 Å². The minimum Gasteiger partial charge on any atom is -0.324 e. The highest BCUT2D eigenvalue weighted by Crippen LogP contribution is 2.22. The molecular formula is C18H13Cl2FN4O. The summed E-state index contributed by atoms with van der Waals surface area (Å²) in [4.78, 5) is 20.7. The molecule has 5 nitrogen and oxygen atoms in total. The van der Waals surface area contributed by atoms with Crippen LogP contribution in [0.1, 0.15) is 16.1 Å². The molecule has 2 aromatic carbocycles. The SMILES string of the molecule is Cc1ccc(Cl)cc1NC(=O)c1ccnc(Nc2ccc(F)c(Cl)c2)n1. The van der Waals surface area contributed by atoms with Crippen molar-refractivity contribution in [3.8, 4) is 0 Å². The Bertz CT molecular complexity index is 981. The number of carbonyl (C=O) groups excluding carboxylic acids is 1. The number of carbonyl (C=O) groups is 1. The Kier molecular flexibility index (Phi) is 5.35. The van der Waals surface area contributed by atoms with Crippen LogP contribution in [-0.4, -0.2) is 15.9 Å². The highest BCUT2D eigenvalue weighted by Gasteiger charge is 2.11. The van der Waals surface area contributed by atoms with E-state index in [0.717, 1.165) is 5.56 Å². The van der Waals surface area contributed by atoms with Gasteiger partial charge in [-0.05, 0) is 48.9 Å². The Labute approximate surface area is 159 Å². The third-order valence-electron chi connectivity index (χ3n) is 3.51.